The quantitative estimate of drug-likeness (QED) is 0.608. The van der Waals surface area contributed by atoms with Crippen LogP contribution in [0.15, 0.2) is 61.1 Å². The molecule has 0 atom stereocenters. The summed E-state index contributed by atoms with van der Waals surface area (Å²) in [4.78, 5) is 20.8. The van der Waals surface area contributed by atoms with Crippen LogP contribution in [0.2, 0.25) is 0 Å². The Hall–Kier alpha value is -3.48. The standard InChI is InChI=1S/C16H12N6O/c23-16(20-14-5-1-2-8-17-14)12-10-22-13(11-7-9-18-21-11)4-3-6-15(22)19-12/h1-10H,(H,18,21)(H,17,20,23). The number of nitrogens with one attached hydrogen (secondary N) is 2. The predicted molar refractivity (Wildman–Crippen MR) is 85.0 cm³/mol. The number of H-pyrrole nitrogens is 1. The van der Waals surface area contributed by atoms with Gasteiger partial charge in [0.1, 0.15) is 17.2 Å². The van der Waals surface area contributed by atoms with Gasteiger partial charge in [0.2, 0.25) is 0 Å². The fourth-order valence-corrected chi connectivity index (χ4v) is 2.36. The number of imidazole rings is 1. The van der Waals surface area contributed by atoms with Crippen LogP contribution < -0.4 is 5.32 Å². The number of rotatable bonds is 3. The maximum Gasteiger partial charge on any atom is 0.277 e. The largest absolute Gasteiger partial charge is 0.305 e. The van der Waals surface area contributed by atoms with Crippen molar-refractivity contribution in [3.8, 4) is 11.4 Å². The molecule has 0 aliphatic heterocycles. The zero-order valence-corrected chi connectivity index (χ0v) is 12.0. The van der Waals surface area contributed by atoms with E-state index in [2.05, 4.69) is 25.5 Å². The van der Waals surface area contributed by atoms with Gasteiger partial charge in [-0.25, -0.2) is 9.97 Å². The van der Waals surface area contributed by atoms with E-state index in [9.17, 15) is 4.79 Å². The first-order valence-corrected chi connectivity index (χ1v) is 7.01. The summed E-state index contributed by atoms with van der Waals surface area (Å²) in [6, 6.07) is 12.9. The molecule has 0 bridgehead atoms. The third-order valence-corrected chi connectivity index (χ3v) is 3.41. The lowest BCUT2D eigenvalue weighted by Crippen LogP contribution is -2.13. The van der Waals surface area contributed by atoms with Crippen molar-refractivity contribution < 1.29 is 4.79 Å². The van der Waals surface area contributed by atoms with E-state index < -0.39 is 0 Å². The van der Waals surface area contributed by atoms with Crippen molar-refractivity contribution in [1.82, 2.24) is 24.6 Å². The summed E-state index contributed by atoms with van der Waals surface area (Å²) in [5.41, 5.74) is 2.74. The Kier molecular flexibility index (Phi) is 3.09. The molecule has 7 heteroatoms. The van der Waals surface area contributed by atoms with E-state index in [1.165, 1.54) is 0 Å². The van der Waals surface area contributed by atoms with Gasteiger partial charge in [0.25, 0.3) is 5.91 Å². The number of aromatic amines is 1. The van der Waals surface area contributed by atoms with E-state index in [1.54, 1.807) is 30.7 Å². The molecule has 0 saturated heterocycles. The van der Waals surface area contributed by atoms with Crippen LogP contribution in [0.4, 0.5) is 5.82 Å². The van der Waals surface area contributed by atoms with E-state index >= 15 is 0 Å². The van der Waals surface area contributed by atoms with E-state index in [4.69, 9.17) is 0 Å². The highest BCUT2D eigenvalue weighted by Gasteiger charge is 2.13. The molecule has 0 aliphatic rings. The summed E-state index contributed by atoms with van der Waals surface area (Å²) in [5.74, 6) is 0.186. The highest BCUT2D eigenvalue weighted by Crippen LogP contribution is 2.19. The molecule has 7 nitrogen and oxygen atoms in total. The third-order valence-electron chi connectivity index (χ3n) is 3.41. The number of amides is 1. The lowest BCUT2D eigenvalue weighted by atomic mass is 10.2. The summed E-state index contributed by atoms with van der Waals surface area (Å²) >= 11 is 0. The molecule has 4 aromatic heterocycles. The number of carbonyl (C=O) groups is 1. The molecule has 0 aliphatic carbocycles. The highest BCUT2D eigenvalue weighted by atomic mass is 16.2. The Balaban J connectivity index is 1.72. The van der Waals surface area contributed by atoms with Crippen molar-refractivity contribution in [1.29, 1.82) is 0 Å². The fraction of sp³-hybridized carbons (Fsp3) is 0. The summed E-state index contributed by atoms with van der Waals surface area (Å²) in [5, 5.41) is 9.60. The van der Waals surface area contributed by atoms with Crippen LogP contribution in [-0.2, 0) is 0 Å². The van der Waals surface area contributed by atoms with Gasteiger partial charge in [0.05, 0.1) is 11.4 Å². The van der Waals surface area contributed by atoms with Crippen LogP contribution in [0.1, 0.15) is 10.5 Å². The van der Waals surface area contributed by atoms with Crippen LogP contribution in [0.25, 0.3) is 17.0 Å². The van der Waals surface area contributed by atoms with E-state index in [1.807, 2.05) is 34.7 Å². The van der Waals surface area contributed by atoms with E-state index in [-0.39, 0.29) is 5.91 Å². The Morgan fingerprint density at radius 1 is 1.09 bits per heavy atom. The van der Waals surface area contributed by atoms with Gasteiger partial charge < -0.3 is 5.32 Å². The lowest BCUT2D eigenvalue weighted by molar-refractivity contribution is 0.102. The highest BCUT2D eigenvalue weighted by molar-refractivity contribution is 6.02. The molecule has 4 heterocycles. The average Bonchev–Trinajstić information content (AvgIpc) is 3.25. The van der Waals surface area contributed by atoms with Crippen LogP contribution in [0.3, 0.4) is 0 Å². The lowest BCUT2D eigenvalue weighted by Gasteiger charge is -2.01. The maximum atomic E-state index is 12.3. The average molecular weight is 304 g/mol. The van der Waals surface area contributed by atoms with Crippen molar-refractivity contribution >= 4 is 17.4 Å². The van der Waals surface area contributed by atoms with Crippen molar-refractivity contribution in [2.45, 2.75) is 0 Å². The van der Waals surface area contributed by atoms with Crippen LogP contribution >= 0.6 is 0 Å². The molecule has 0 spiro atoms. The normalized spacial score (nSPS) is 10.8. The molecule has 4 aromatic rings. The summed E-state index contributed by atoms with van der Waals surface area (Å²) in [7, 11) is 0. The SMILES string of the molecule is O=C(Nc1ccccn1)c1cn2c(-c3ccn[nH]3)cccc2n1. The summed E-state index contributed by atoms with van der Waals surface area (Å²) in [6.07, 6.45) is 5.00. The van der Waals surface area contributed by atoms with Crippen molar-refractivity contribution in [2.24, 2.45) is 0 Å². The summed E-state index contributed by atoms with van der Waals surface area (Å²) in [6.45, 7) is 0. The first kappa shape index (κ1) is 13.2. The van der Waals surface area contributed by atoms with E-state index in [0.717, 1.165) is 11.4 Å². The molecule has 2 N–H and O–H groups in total. The van der Waals surface area contributed by atoms with Gasteiger partial charge in [-0.1, -0.05) is 12.1 Å². The van der Waals surface area contributed by atoms with Gasteiger partial charge in [-0.3, -0.25) is 14.3 Å². The second-order valence-corrected chi connectivity index (χ2v) is 4.90. The molecule has 1 amide bonds. The molecule has 0 fully saturated rings. The van der Waals surface area contributed by atoms with Crippen molar-refractivity contribution in [3.63, 3.8) is 0 Å². The minimum atomic E-state index is -0.303. The number of hydrogen-bond donors (Lipinski definition) is 2. The molecule has 4 rings (SSSR count). The molecule has 0 saturated carbocycles. The summed E-state index contributed by atoms with van der Waals surface area (Å²) < 4.78 is 1.85. The van der Waals surface area contributed by atoms with Gasteiger partial charge in [0, 0.05) is 18.6 Å². The van der Waals surface area contributed by atoms with Crippen LogP contribution in [0.5, 0.6) is 0 Å². The monoisotopic (exact) mass is 304 g/mol. The topological polar surface area (TPSA) is 88.0 Å². The Morgan fingerprint density at radius 2 is 2.04 bits per heavy atom. The number of nitrogens with zero attached hydrogens (tertiary/aromatic N) is 4. The Morgan fingerprint density at radius 3 is 2.83 bits per heavy atom. The van der Waals surface area contributed by atoms with Crippen LogP contribution in [0, 0.1) is 0 Å². The smallest absolute Gasteiger partial charge is 0.277 e. The first-order valence-electron chi connectivity index (χ1n) is 7.01. The van der Waals surface area contributed by atoms with Gasteiger partial charge in [0.15, 0.2) is 0 Å². The van der Waals surface area contributed by atoms with Gasteiger partial charge in [-0.2, -0.15) is 5.10 Å². The third kappa shape index (κ3) is 2.44. The van der Waals surface area contributed by atoms with Gasteiger partial charge in [-0.05, 0) is 30.3 Å². The minimum absolute atomic E-state index is 0.303. The zero-order chi connectivity index (χ0) is 15.6. The number of carbonyl (C=O) groups excluding carboxylic acids is 1. The number of fused-ring (bicyclic) bond motifs is 1. The second kappa shape index (κ2) is 5.38. The molecule has 23 heavy (non-hydrogen) atoms. The maximum absolute atomic E-state index is 12.3. The molecule has 0 radical (unpaired) electrons. The van der Waals surface area contributed by atoms with Gasteiger partial charge in [-0.15, -0.1) is 0 Å². The zero-order valence-electron chi connectivity index (χ0n) is 12.0. The number of anilines is 1. The molecular formula is C16H12N6O. The number of aromatic nitrogens is 5. The van der Waals surface area contributed by atoms with E-state index in [0.29, 0.717) is 17.2 Å². The van der Waals surface area contributed by atoms with Gasteiger partial charge >= 0.3 is 0 Å². The second-order valence-electron chi connectivity index (χ2n) is 4.90. The molecular weight excluding hydrogens is 292 g/mol. The Bertz CT molecular complexity index is 959. The molecule has 0 unspecified atom stereocenters. The number of hydrogen-bond acceptors (Lipinski definition) is 4. The molecule has 0 aromatic carbocycles. The van der Waals surface area contributed by atoms with Crippen LogP contribution in [-0.4, -0.2) is 30.5 Å². The predicted octanol–water partition coefficient (Wildman–Crippen LogP) is 2.37. The minimum Gasteiger partial charge on any atom is -0.305 e. The first-order chi connectivity index (χ1) is 11.3. The Labute approximate surface area is 131 Å². The van der Waals surface area contributed by atoms with Crippen molar-refractivity contribution in [2.75, 3.05) is 5.32 Å². The van der Waals surface area contributed by atoms with Crippen molar-refractivity contribution in [3.05, 3.63) is 66.7 Å². The fourth-order valence-electron chi connectivity index (χ4n) is 2.36. The molecule has 112 valence electrons. The number of pyridine rings is 2.